The number of anilines is 4. The maximum absolute atomic E-state index is 6.24. The van der Waals surface area contributed by atoms with Gasteiger partial charge in [0.1, 0.15) is 11.6 Å². The molecule has 2 aromatic heterocycles. The second kappa shape index (κ2) is 7.36. The molecule has 28 heavy (non-hydrogen) atoms. The zero-order valence-electron chi connectivity index (χ0n) is 15.7. The maximum atomic E-state index is 6.24. The van der Waals surface area contributed by atoms with Gasteiger partial charge in [-0.3, -0.25) is 4.68 Å². The van der Waals surface area contributed by atoms with E-state index in [1.165, 1.54) is 5.56 Å². The predicted octanol–water partition coefficient (Wildman–Crippen LogP) is 4.82. The van der Waals surface area contributed by atoms with Gasteiger partial charge in [0.2, 0.25) is 5.95 Å². The smallest absolute Gasteiger partial charge is 0.231 e. The van der Waals surface area contributed by atoms with Gasteiger partial charge in [-0.25, -0.2) is 0 Å². The van der Waals surface area contributed by atoms with Gasteiger partial charge in [0.05, 0.1) is 23.7 Å². The summed E-state index contributed by atoms with van der Waals surface area (Å²) in [4.78, 5) is 9.23. The fourth-order valence-corrected chi connectivity index (χ4v) is 3.08. The number of rotatable bonds is 5. The number of methoxy groups -OCH3 is 1. The van der Waals surface area contributed by atoms with Crippen molar-refractivity contribution in [2.24, 2.45) is 7.05 Å². The van der Waals surface area contributed by atoms with Crippen molar-refractivity contribution in [3.63, 3.8) is 0 Å². The van der Waals surface area contributed by atoms with E-state index in [0.717, 1.165) is 16.8 Å². The van der Waals surface area contributed by atoms with Gasteiger partial charge in [0.15, 0.2) is 5.65 Å². The summed E-state index contributed by atoms with van der Waals surface area (Å²) >= 11 is 6.24. The fraction of sp³-hybridized carbons (Fsp3) is 0.150. The Kier molecular flexibility index (Phi) is 4.75. The normalized spacial score (nSPS) is 10.9. The van der Waals surface area contributed by atoms with Crippen LogP contribution in [0.2, 0.25) is 5.02 Å². The molecule has 0 aliphatic rings. The SMILES string of the molecule is COc1ccc(Nc2nc(Nc3ccc(C)cc3)nc3c2cnn3C)cc1Cl. The number of fused-ring (bicyclic) bond motifs is 1. The Balaban J connectivity index is 1.72. The summed E-state index contributed by atoms with van der Waals surface area (Å²) in [6.45, 7) is 2.05. The van der Waals surface area contributed by atoms with Crippen LogP contribution in [0.1, 0.15) is 5.56 Å². The van der Waals surface area contributed by atoms with Crippen molar-refractivity contribution in [3.8, 4) is 5.75 Å². The number of benzene rings is 2. The minimum Gasteiger partial charge on any atom is -0.495 e. The van der Waals surface area contributed by atoms with Gasteiger partial charge in [0.25, 0.3) is 0 Å². The first-order chi connectivity index (χ1) is 13.5. The number of aromatic nitrogens is 4. The fourth-order valence-electron chi connectivity index (χ4n) is 2.82. The number of hydrogen-bond acceptors (Lipinski definition) is 6. The number of nitrogens with zero attached hydrogens (tertiary/aromatic N) is 4. The van der Waals surface area contributed by atoms with Crippen molar-refractivity contribution in [3.05, 3.63) is 59.2 Å². The molecule has 4 aromatic rings. The van der Waals surface area contributed by atoms with E-state index in [4.69, 9.17) is 16.3 Å². The van der Waals surface area contributed by atoms with Crippen LogP contribution in [0.25, 0.3) is 11.0 Å². The number of nitrogens with one attached hydrogen (secondary N) is 2. The molecule has 0 atom stereocenters. The molecule has 0 amide bonds. The van der Waals surface area contributed by atoms with Crippen molar-refractivity contribution in [2.75, 3.05) is 17.7 Å². The third-order valence-electron chi connectivity index (χ3n) is 4.31. The van der Waals surface area contributed by atoms with Crippen molar-refractivity contribution in [2.45, 2.75) is 6.92 Å². The molecule has 2 aromatic carbocycles. The third-order valence-corrected chi connectivity index (χ3v) is 4.61. The van der Waals surface area contributed by atoms with Gasteiger partial charge in [-0.15, -0.1) is 0 Å². The van der Waals surface area contributed by atoms with Crippen LogP contribution in [0.5, 0.6) is 5.75 Å². The Hall–Kier alpha value is -3.32. The number of halogens is 1. The lowest BCUT2D eigenvalue weighted by Gasteiger charge is -2.11. The zero-order valence-corrected chi connectivity index (χ0v) is 16.4. The highest BCUT2D eigenvalue weighted by molar-refractivity contribution is 6.32. The Bertz CT molecular complexity index is 1140. The Morgan fingerprint density at radius 3 is 2.46 bits per heavy atom. The van der Waals surface area contributed by atoms with Crippen molar-refractivity contribution in [1.82, 2.24) is 19.7 Å². The van der Waals surface area contributed by atoms with Crippen LogP contribution in [0.15, 0.2) is 48.7 Å². The standard InChI is InChI=1S/C20H19ClN6O/c1-12-4-6-13(7-5-12)24-20-25-18(15-11-22-27(2)19(15)26-20)23-14-8-9-17(28-3)16(21)10-14/h4-11H,1-3H3,(H2,23,24,25,26). The molecule has 7 nitrogen and oxygen atoms in total. The van der Waals surface area contributed by atoms with E-state index in [0.29, 0.717) is 28.2 Å². The van der Waals surface area contributed by atoms with Gasteiger partial charge >= 0.3 is 0 Å². The molecule has 8 heteroatoms. The average molecular weight is 395 g/mol. The highest BCUT2D eigenvalue weighted by Crippen LogP contribution is 2.31. The molecule has 0 fully saturated rings. The molecule has 0 saturated carbocycles. The first-order valence-electron chi connectivity index (χ1n) is 8.67. The second-order valence-corrected chi connectivity index (χ2v) is 6.77. The average Bonchev–Trinajstić information content (AvgIpc) is 3.05. The summed E-state index contributed by atoms with van der Waals surface area (Å²) < 4.78 is 6.92. The summed E-state index contributed by atoms with van der Waals surface area (Å²) in [7, 11) is 3.43. The van der Waals surface area contributed by atoms with Gasteiger partial charge in [-0.2, -0.15) is 15.1 Å². The van der Waals surface area contributed by atoms with Crippen molar-refractivity contribution in [1.29, 1.82) is 0 Å². The van der Waals surface area contributed by atoms with E-state index in [2.05, 4.69) is 25.7 Å². The van der Waals surface area contributed by atoms with Gasteiger partial charge in [-0.1, -0.05) is 29.3 Å². The van der Waals surface area contributed by atoms with Crippen molar-refractivity contribution >= 4 is 45.8 Å². The summed E-state index contributed by atoms with van der Waals surface area (Å²) in [6.07, 6.45) is 1.73. The van der Waals surface area contributed by atoms with E-state index >= 15 is 0 Å². The summed E-state index contributed by atoms with van der Waals surface area (Å²) in [5.74, 6) is 1.72. The largest absolute Gasteiger partial charge is 0.495 e. The highest BCUT2D eigenvalue weighted by Gasteiger charge is 2.13. The topological polar surface area (TPSA) is 76.9 Å². The van der Waals surface area contributed by atoms with Crippen LogP contribution in [0, 0.1) is 6.92 Å². The number of hydrogen-bond donors (Lipinski definition) is 2. The first-order valence-corrected chi connectivity index (χ1v) is 9.05. The molecule has 0 spiro atoms. The van der Waals surface area contributed by atoms with Crippen LogP contribution in [-0.2, 0) is 7.05 Å². The number of ether oxygens (including phenoxy) is 1. The minimum atomic E-state index is 0.474. The van der Waals surface area contributed by atoms with Crippen molar-refractivity contribution < 1.29 is 4.74 Å². The van der Waals surface area contributed by atoms with E-state index in [1.807, 2.05) is 44.3 Å². The molecule has 0 unspecified atom stereocenters. The molecule has 142 valence electrons. The predicted molar refractivity (Wildman–Crippen MR) is 112 cm³/mol. The van der Waals surface area contributed by atoms with Crippen LogP contribution in [0.3, 0.4) is 0 Å². The maximum Gasteiger partial charge on any atom is 0.231 e. The molecule has 0 aliphatic heterocycles. The van der Waals surface area contributed by atoms with E-state index in [-0.39, 0.29) is 0 Å². The van der Waals surface area contributed by atoms with E-state index in [1.54, 1.807) is 30.1 Å². The third kappa shape index (κ3) is 3.57. The molecule has 0 bridgehead atoms. The Morgan fingerprint density at radius 1 is 1.00 bits per heavy atom. The second-order valence-electron chi connectivity index (χ2n) is 6.37. The first kappa shape index (κ1) is 18.1. The molecule has 2 heterocycles. The zero-order chi connectivity index (χ0) is 19.7. The molecular weight excluding hydrogens is 376 g/mol. The Labute approximate surface area is 167 Å². The summed E-state index contributed by atoms with van der Waals surface area (Å²) in [6, 6.07) is 13.5. The van der Waals surface area contributed by atoms with Gasteiger partial charge in [0, 0.05) is 18.4 Å². The molecule has 0 saturated heterocycles. The number of aryl methyl sites for hydroxylation is 2. The van der Waals surface area contributed by atoms with Gasteiger partial charge in [-0.05, 0) is 37.3 Å². The van der Waals surface area contributed by atoms with E-state index < -0.39 is 0 Å². The lowest BCUT2D eigenvalue weighted by atomic mass is 10.2. The quantitative estimate of drug-likeness (QED) is 0.505. The van der Waals surface area contributed by atoms with Gasteiger partial charge < -0.3 is 15.4 Å². The molecule has 4 rings (SSSR count). The monoisotopic (exact) mass is 394 g/mol. The van der Waals surface area contributed by atoms with Crippen LogP contribution in [-0.4, -0.2) is 26.9 Å². The molecule has 0 radical (unpaired) electrons. The lowest BCUT2D eigenvalue weighted by molar-refractivity contribution is 0.415. The van der Waals surface area contributed by atoms with Crippen LogP contribution in [0.4, 0.5) is 23.1 Å². The van der Waals surface area contributed by atoms with Crippen LogP contribution < -0.4 is 15.4 Å². The summed E-state index contributed by atoms with van der Waals surface area (Å²) in [5, 5.41) is 12.2. The van der Waals surface area contributed by atoms with E-state index in [9.17, 15) is 0 Å². The highest BCUT2D eigenvalue weighted by atomic mass is 35.5. The minimum absolute atomic E-state index is 0.474. The molecular formula is C20H19ClN6O. The molecule has 0 aliphatic carbocycles. The summed E-state index contributed by atoms with van der Waals surface area (Å²) in [5.41, 5.74) is 3.60. The van der Waals surface area contributed by atoms with Crippen LogP contribution >= 0.6 is 11.6 Å². The lowest BCUT2D eigenvalue weighted by Crippen LogP contribution is -2.03. The Morgan fingerprint density at radius 2 is 1.75 bits per heavy atom. The molecule has 2 N–H and O–H groups in total.